The van der Waals surface area contributed by atoms with Gasteiger partial charge in [0.15, 0.2) is 0 Å². The Morgan fingerprint density at radius 1 is 1.00 bits per heavy atom. The number of carbonyl (C=O) groups is 2. The topological polar surface area (TPSA) is 96.2 Å². The number of halogens is 1. The van der Waals surface area contributed by atoms with E-state index in [1.54, 1.807) is 36.4 Å². The zero-order valence-corrected chi connectivity index (χ0v) is 20.2. The smallest absolute Gasteiger partial charge is 0.342 e. The second kappa shape index (κ2) is 10.3. The van der Waals surface area contributed by atoms with E-state index < -0.39 is 0 Å². The number of hydrogen-bond donors (Lipinski definition) is 3. The van der Waals surface area contributed by atoms with Gasteiger partial charge in [-0.3, -0.25) is 4.79 Å². The maximum Gasteiger partial charge on any atom is 0.342 e. The first-order valence-electron chi connectivity index (χ1n) is 11.8. The third-order valence-corrected chi connectivity index (χ3v) is 6.35. The lowest BCUT2D eigenvalue weighted by atomic mass is 10.1. The lowest BCUT2D eigenvalue weighted by molar-refractivity contribution is 0.102. The van der Waals surface area contributed by atoms with E-state index in [1.165, 1.54) is 10.7 Å². The molecule has 0 radical (unpaired) electrons. The number of anilines is 1. The lowest BCUT2D eigenvalue weighted by Crippen LogP contribution is -2.32. The average Bonchev–Trinajstić information content (AvgIpc) is 3.64. The molecule has 0 aliphatic heterocycles. The summed E-state index contributed by atoms with van der Waals surface area (Å²) >= 11 is 5.91. The normalized spacial score (nSPS) is 12.8. The molecule has 0 atom stereocenters. The van der Waals surface area contributed by atoms with Crippen LogP contribution in [0.5, 0.6) is 5.75 Å². The van der Waals surface area contributed by atoms with Gasteiger partial charge in [-0.05, 0) is 73.4 Å². The van der Waals surface area contributed by atoms with Crippen LogP contribution in [0.25, 0.3) is 11.3 Å². The number of amides is 2. The quantitative estimate of drug-likeness (QED) is 0.278. The van der Waals surface area contributed by atoms with Gasteiger partial charge in [-0.15, -0.1) is 0 Å². The van der Waals surface area contributed by atoms with E-state index in [4.69, 9.17) is 11.6 Å². The fourth-order valence-electron chi connectivity index (χ4n) is 4.02. The van der Waals surface area contributed by atoms with Gasteiger partial charge >= 0.3 is 6.03 Å². The van der Waals surface area contributed by atoms with Crippen molar-refractivity contribution in [1.29, 1.82) is 0 Å². The third-order valence-electron chi connectivity index (χ3n) is 6.09. The van der Waals surface area contributed by atoms with Crippen LogP contribution in [0, 0.1) is 0 Å². The van der Waals surface area contributed by atoms with Crippen molar-refractivity contribution >= 4 is 29.2 Å². The van der Waals surface area contributed by atoms with Crippen molar-refractivity contribution in [2.75, 3.05) is 11.9 Å². The minimum Gasteiger partial charge on any atom is -0.507 e. The summed E-state index contributed by atoms with van der Waals surface area (Å²) in [5.41, 5.74) is 3.82. The molecule has 0 saturated heterocycles. The molecule has 0 bridgehead atoms. The zero-order chi connectivity index (χ0) is 25.1. The highest BCUT2D eigenvalue weighted by Crippen LogP contribution is 2.42. The number of benzene rings is 3. The summed E-state index contributed by atoms with van der Waals surface area (Å²) in [5, 5.41) is 21.4. The summed E-state index contributed by atoms with van der Waals surface area (Å²) < 4.78 is 1.40. The zero-order valence-electron chi connectivity index (χ0n) is 19.4. The SMILES string of the molecule is O=C(Nc1ccc(O)c(-c2cc(C3CC3)n(C(=O)NCCc3ccccc3)n2)c1)c1ccc(Cl)cc1. The van der Waals surface area contributed by atoms with Gasteiger partial charge in [-0.1, -0.05) is 41.9 Å². The van der Waals surface area contributed by atoms with E-state index in [1.807, 2.05) is 36.4 Å². The standard InChI is InChI=1S/C28H25ClN4O3/c29-21-10-8-20(9-11-21)27(35)31-22-12-13-26(34)23(16-22)24-17-25(19-6-7-19)33(32-24)28(36)30-15-14-18-4-2-1-3-5-18/h1-5,8-13,16-17,19,34H,6-7,14-15H2,(H,30,36)(H,31,35). The number of aromatic nitrogens is 2. The molecule has 0 spiro atoms. The Morgan fingerprint density at radius 3 is 2.47 bits per heavy atom. The number of rotatable bonds is 7. The number of nitrogens with zero attached hydrogens (tertiary/aromatic N) is 2. The highest BCUT2D eigenvalue weighted by Gasteiger charge is 2.30. The molecule has 1 saturated carbocycles. The van der Waals surface area contributed by atoms with Crippen molar-refractivity contribution < 1.29 is 14.7 Å². The Kier molecular flexibility index (Phi) is 6.73. The molecular formula is C28H25ClN4O3. The molecule has 1 aliphatic carbocycles. The number of phenolic OH excluding ortho intramolecular Hbond substituents is 1. The molecular weight excluding hydrogens is 476 g/mol. The molecule has 1 heterocycles. The van der Waals surface area contributed by atoms with E-state index >= 15 is 0 Å². The molecule has 2 amide bonds. The van der Waals surface area contributed by atoms with E-state index in [-0.39, 0.29) is 23.6 Å². The van der Waals surface area contributed by atoms with Gasteiger partial charge in [0.25, 0.3) is 5.91 Å². The molecule has 4 aromatic rings. The molecule has 3 N–H and O–H groups in total. The fraction of sp³-hybridized carbons (Fsp3) is 0.179. The largest absolute Gasteiger partial charge is 0.507 e. The van der Waals surface area contributed by atoms with Gasteiger partial charge in [0.2, 0.25) is 0 Å². The molecule has 1 aliphatic rings. The first-order valence-corrected chi connectivity index (χ1v) is 12.2. The Hall–Kier alpha value is -4.10. The Bertz CT molecular complexity index is 1400. The third kappa shape index (κ3) is 5.42. The summed E-state index contributed by atoms with van der Waals surface area (Å²) in [6.07, 6.45) is 2.70. The predicted molar refractivity (Wildman–Crippen MR) is 140 cm³/mol. The summed E-state index contributed by atoms with van der Waals surface area (Å²) in [4.78, 5) is 25.6. The minimum atomic E-state index is -0.301. The van der Waals surface area contributed by atoms with Crippen LogP contribution in [0.3, 0.4) is 0 Å². The maximum absolute atomic E-state index is 13.0. The number of nitrogens with one attached hydrogen (secondary N) is 2. The number of carbonyl (C=O) groups excluding carboxylic acids is 2. The summed E-state index contributed by atoms with van der Waals surface area (Å²) in [6, 6.07) is 22.8. The van der Waals surface area contributed by atoms with Crippen LogP contribution in [0.15, 0.2) is 78.9 Å². The molecule has 1 fully saturated rings. The van der Waals surface area contributed by atoms with Crippen LogP contribution < -0.4 is 10.6 Å². The second-order valence-electron chi connectivity index (χ2n) is 8.80. The number of phenols is 1. The first kappa shape index (κ1) is 23.6. The predicted octanol–water partition coefficient (Wildman–Crippen LogP) is 5.84. The molecule has 7 nitrogen and oxygen atoms in total. The Morgan fingerprint density at radius 2 is 1.75 bits per heavy atom. The molecule has 36 heavy (non-hydrogen) atoms. The highest BCUT2D eigenvalue weighted by molar-refractivity contribution is 6.30. The van der Waals surface area contributed by atoms with Crippen LogP contribution in [0.4, 0.5) is 10.5 Å². The van der Waals surface area contributed by atoms with Crippen LogP contribution in [-0.2, 0) is 6.42 Å². The minimum absolute atomic E-state index is 0.0102. The Balaban J connectivity index is 1.34. The molecule has 5 rings (SSSR count). The van der Waals surface area contributed by atoms with Gasteiger partial charge in [0, 0.05) is 34.3 Å². The van der Waals surface area contributed by atoms with Crippen LogP contribution in [0.1, 0.15) is 40.4 Å². The van der Waals surface area contributed by atoms with Gasteiger partial charge in [-0.25, -0.2) is 4.79 Å². The van der Waals surface area contributed by atoms with Gasteiger partial charge in [-0.2, -0.15) is 9.78 Å². The van der Waals surface area contributed by atoms with E-state index in [9.17, 15) is 14.7 Å². The summed E-state index contributed by atoms with van der Waals surface area (Å²) in [6.45, 7) is 0.486. The fourth-order valence-corrected chi connectivity index (χ4v) is 4.14. The van der Waals surface area contributed by atoms with E-state index in [2.05, 4.69) is 15.7 Å². The van der Waals surface area contributed by atoms with Crippen molar-refractivity contribution in [1.82, 2.24) is 15.1 Å². The second-order valence-corrected chi connectivity index (χ2v) is 9.24. The van der Waals surface area contributed by atoms with Crippen LogP contribution >= 0.6 is 11.6 Å². The van der Waals surface area contributed by atoms with Crippen molar-refractivity contribution in [3.63, 3.8) is 0 Å². The van der Waals surface area contributed by atoms with Crippen LogP contribution in [-0.4, -0.2) is 33.4 Å². The van der Waals surface area contributed by atoms with Crippen LogP contribution in [0.2, 0.25) is 5.02 Å². The highest BCUT2D eigenvalue weighted by atomic mass is 35.5. The van der Waals surface area contributed by atoms with E-state index in [0.29, 0.717) is 34.1 Å². The molecule has 8 heteroatoms. The Labute approximate surface area is 213 Å². The molecule has 3 aromatic carbocycles. The van der Waals surface area contributed by atoms with Crippen molar-refractivity contribution in [3.8, 4) is 17.0 Å². The van der Waals surface area contributed by atoms with Gasteiger partial charge in [0.05, 0.1) is 11.4 Å². The first-order chi connectivity index (χ1) is 17.5. The number of aromatic hydroxyl groups is 1. The summed E-state index contributed by atoms with van der Waals surface area (Å²) in [7, 11) is 0. The van der Waals surface area contributed by atoms with Crippen molar-refractivity contribution in [2.45, 2.75) is 25.2 Å². The molecule has 1 aromatic heterocycles. The maximum atomic E-state index is 13.0. The van der Waals surface area contributed by atoms with Gasteiger partial charge < -0.3 is 15.7 Å². The van der Waals surface area contributed by atoms with E-state index in [0.717, 1.165) is 30.5 Å². The number of hydrogen-bond acceptors (Lipinski definition) is 4. The van der Waals surface area contributed by atoms with Crippen molar-refractivity contribution in [2.24, 2.45) is 0 Å². The monoisotopic (exact) mass is 500 g/mol. The van der Waals surface area contributed by atoms with Crippen molar-refractivity contribution in [3.05, 3.63) is 101 Å². The summed E-state index contributed by atoms with van der Waals surface area (Å²) in [5.74, 6) is -0.0256. The average molecular weight is 501 g/mol. The molecule has 182 valence electrons. The van der Waals surface area contributed by atoms with Gasteiger partial charge in [0.1, 0.15) is 5.75 Å². The molecule has 0 unspecified atom stereocenters. The lowest BCUT2D eigenvalue weighted by Gasteiger charge is -2.09.